The van der Waals surface area contributed by atoms with Crippen molar-refractivity contribution in [1.82, 2.24) is 0 Å². The van der Waals surface area contributed by atoms with E-state index in [0.717, 1.165) is 5.56 Å². The summed E-state index contributed by atoms with van der Waals surface area (Å²) in [7, 11) is 0. The van der Waals surface area contributed by atoms with E-state index in [-0.39, 0.29) is 24.1 Å². The molecule has 1 aromatic carbocycles. The van der Waals surface area contributed by atoms with Gasteiger partial charge in [0.05, 0.1) is 13.0 Å². The smallest absolute Gasteiger partial charge is 0.310 e. The van der Waals surface area contributed by atoms with Gasteiger partial charge in [0.25, 0.3) is 0 Å². The summed E-state index contributed by atoms with van der Waals surface area (Å²) in [4.78, 5) is 11.3. The second-order valence-electron chi connectivity index (χ2n) is 3.49. The molecular weight excluding hydrogens is 231 g/mol. The number of benzene rings is 1. The molecule has 0 heterocycles. The van der Waals surface area contributed by atoms with Crippen molar-refractivity contribution < 1.29 is 13.9 Å². The minimum Gasteiger partial charge on any atom is -0.466 e. The zero-order valence-corrected chi connectivity index (χ0v) is 10.1. The predicted octanol–water partition coefficient (Wildman–Crippen LogP) is 2.98. The first-order chi connectivity index (χ1) is 7.58. The number of halogens is 2. The lowest BCUT2D eigenvalue weighted by atomic mass is 10.0. The number of esters is 1. The Balaban J connectivity index is 2.94. The molecule has 0 aliphatic carbocycles. The van der Waals surface area contributed by atoms with Crippen molar-refractivity contribution in [3.05, 3.63) is 34.6 Å². The third-order valence-corrected chi connectivity index (χ3v) is 2.55. The first-order valence-corrected chi connectivity index (χ1v) is 5.61. The van der Waals surface area contributed by atoms with E-state index in [0.29, 0.717) is 17.7 Å². The van der Waals surface area contributed by atoms with Crippen LogP contribution in [0.15, 0.2) is 12.1 Å². The molecule has 0 aromatic heterocycles. The Morgan fingerprint density at radius 1 is 1.44 bits per heavy atom. The maximum Gasteiger partial charge on any atom is 0.310 e. The minimum absolute atomic E-state index is 0.136. The minimum atomic E-state index is -0.320. The van der Waals surface area contributed by atoms with Gasteiger partial charge in [0.15, 0.2) is 0 Å². The van der Waals surface area contributed by atoms with Crippen LogP contribution in [-0.4, -0.2) is 12.6 Å². The predicted molar refractivity (Wildman–Crippen MR) is 61.0 cm³/mol. The normalized spacial score (nSPS) is 10.2. The molecule has 0 aliphatic heterocycles. The number of ether oxygens (including phenoxy) is 1. The van der Waals surface area contributed by atoms with Gasteiger partial charge in [-0.1, -0.05) is 6.07 Å². The Kier molecular flexibility index (Phi) is 4.74. The van der Waals surface area contributed by atoms with E-state index >= 15 is 0 Å². The third kappa shape index (κ3) is 3.20. The lowest BCUT2D eigenvalue weighted by molar-refractivity contribution is -0.142. The molecule has 0 saturated heterocycles. The molecule has 0 aliphatic rings. The van der Waals surface area contributed by atoms with Crippen molar-refractivity contribution in [2.24, 2.45) is 0 Å². The van der Waals surface area contributed by atoms with Gasteiger partial charge in [-0.3, -0.25) is 4.79 Å². The largest absolute Gasteiger partial charge is 0.466 e. The summed E-state index contributed by atoms with van der Waals surface area (Å²) in [5.74, 6) is -0.436. The van der Waals surface area contributed by atoms with E-state index in [1.54, 1.807) is 19.9 Å². The van der Waals surface area contributed by atoms with Crippen LogP contribution in [0.2, 0.25) is 0 Å². The standard InChI is InChI=1S/C12H14ClFO2/c1-3-16-12(15)6-9-4-8(2)11(14)5-10(9)7-13/h4-5H,3,6-7H2,1-2H3. The first kappa shape index (κ1) is 13.0. The number of alkyl halides is 1. The highest BCUT2D eigenvalue weighted by Gasteiger charge is 2.11. The maximum absolute atomic E-state index is 13.3. The number of aryl methyl sites for hydroxylation is 1. The van der Waals surface area contributed by atoms with E-state index in [2.05, 4.69) is 0 Å². The van der Waals surface area contributed by atoms with Crippen LogP contribution in [0, 0.1) is 12.7 Å². The van der Waals surface area contributed by atoms with Crippen LogP contribution >= 0.6 is 11.6 Å². The topological polar surface area (TPSA) is 26.3 Å². The van der Waals surface area contributed by atoms with E-state index in [1.165, 1.54) is 6.07 Å². The molecule has 0 spiro atoms. The highest BCUT2D eigenvalue weighted by atomic mass is 35.5. The summed E-state index contributed by atoms with van der Waals surface area (Å²) in [6.45, 7) is 3.74. The van der Waals surface area contributed by atoms with Crippen LogP contribution in [0.5, 0.6) is 0 Å². The average Bonchev–Trinajstić information content (AvgIpc) is 2.23. The lowest BCUT2D eigenvalue weighted by Gasteiger charge is -2.09. The van der Waals surface area contributed by atoms with Crippen molar-refractivity contribution >= 4 is 17.6 Å². The molecule has 0 radical (unpaired) electrons. The fraction of sp³-hybridized carbons (Fsp3) is 0.417. The molecule has 2 nitrogen and oxygen atoms in total. The molecule has 0 fully saturated rings. The van der Waals surface area contributed by atoms with Crippen LogP contribution < -0.4 is 0 Å². The third-order valence-electron chi connectivity index (χ3n) is 2.26. The van der Waals surface area contributed by atoms with E-state index in [4.69, 9.17) is 16.3 Å². The van der Waals surface area contributed by atoms with Gasteiger partial charge in [-0.15, -0.1) is 11.6 Å². The fourth-order valence-corrected chi connectivity index (χ4v) is 1.69. The number of carbonyl (C=O) groups excluding carboxylic acids is 1. The van der Waals surface area contributed by atoms with E-state index < -0.39 is 0 Å². The Labute approximate surface area is 99.4 Å². The van der Waals surface area contributed by atoms with Gasteiger partial charge >= 0.3 is 5.97 Å². The highest BCUT2D eigenvalue weighted by Crippen LogP contribution is 2.18. The van der Waals surface area contributed by atoms with Gasteiger partial charge < -0.3 is 4.74 Å². The zero-order valence-electron chi connectivity index (χ0n) is 9.35. The quantitative estimate of drug-likeness (QED) is 0.601. The number of rotatable bonds is 4. The molecule has 1 aromatic rings. The summed E-state index contributed by atoms with van der Waals surface area (Å²) in [6, 6.07) is 3.01. The van der Waals surface area contributed by atoms with E-state index in [9.17, 15) is 9.18 Å². The number of carbonyl (C=O) groups is 1. The van der Waals surface area contributed by atoms with Crippen molar-refractivity contribution in [3.8, 4) is 0 Å². The molecule has 0 unspecified atom stereocenters. The molecular formula is C12H14ClFO2. The highest BCUT2D eigenvalue weighted by molar-refractivity contribution is 6.17. The van der Waals surface area contributed by atoms with Gasteiger partial charge in [-0.05, 0) is 36.6 Å². The second-order valence-corrected chi connectivity index (χ2v) is 3.75. The summed E-state index contributed by atoms with van der Waals surface area (Å²) >= 11 is 5.70. The van der Waals surface area contributed by atoms with Crippen LogP contribution in [0.4, 0.5) is 4.39 Å². The Hall–Kier alpha value is -1.09. The lowest BCUT2D eigenvalue weighted by Crippen LogP contribution is -2.09. The SMILES string of the molecule is CCOC(=O)Cc1cc(C)c(F)cc1CCl. The monoisotopic (exact) mass is 244 g/mol. The Bertz CT molecular complexity index is 391. The molecule has 0 amide bonds. The van der Waals surface area contributed by atoms with Crippen LogP contribution in [0.3, 0.4) is 0 Å². The van der Waals surface area contributed by atoms with Crippen molar-refractivity contribution in [2.75, 3.05) is 6.61 Å². The van der Waals surface area contributed by atoms with Crippen LogP contribution in [0.25, 0.3) is 0 Å². The van der Waals surface area contributed by atoms with Gasteiger partial charge in [-0.2, -0.15) is 0 Å². The average molecular weight is 245 g/mol. The van der Waals surface area contributed by atoms with E-state index in [1.807, 2.05) is 0 Å². The molecule has 0 bridgehead atoms. The van der Waals surface area contributed by atoms with Gasteiger partial charge in [0.2, 0.25) is 0 Å². The number of hydrogen-bond donors (Lipinski definition) is 0. The molecule has 0 atom stereocenters. The molecule has 16 heavy (non-hydrogen) atoms. The molecule has 1 rings (SSSR count). The van der Waals surface area contributed by atoms with Crippen LogP contribution in [-0.2, 0) is 21.8 Å². The summed E-state index contributed by atoms with van der Waals surface area (Å²) < 4.78 is 18.1. The maximum atomic E-state index is 13.3. The molecule has 0 N–H and O–H groups in total. The summed E-state index contributed by atoms with van der Waals surface area (Å²) in [6.07, 6.45) is 0.136. The van der Waals surface area contributed by atoms with Crippen molar-refractivity contribution in [1.29, 1.82) is 0 Å². The second kappa shape index (κ2) is 5.85. The first-order valence-electron chi connectivity index (χ1n) is 5.08. The molecule has 88 valence electrons. The Morgan fingerprint density at radius 2 is 2.12 bits per heavy atom. The number of hydrogen-bond acceptors (Lipinski definition) is 2. The van der Waals surface area contributed by atoms with Crippen molar-refractivity contribution in [3.63, 3.8) is 0 Å². The fourth-order valence-electron chi connectivity index (χ4n) is 1.44. The van der Waals surface area contributed by atoms with Gasteiger partial charge in [0, 0.05) is 5.88 Å². The molecule has 4 heteroatoms. The summed E-state index contributed by atoms with van der Waals surface area (Å²) in [5.41, 5.74) is 1.87. The van der Waals surface area contributed by atoms with Crippen molar-refractivity contribution in [2.45, 2.75) is 26.1 Å². The Morgan fingerprint density at radius 3 is 2.69 bits per heavy atom. The van der Waals surface area contributed by atoms with Gasteiger partial charge in [0.1, 0.15) is 5.82 Å². The summed E-state index contributed by atoms with van der Waals surface area (Å²) in [5, 5.41) is 0. The van der Waals surface area contributed by atoms with Gasteiger partial charge in [-0.25, -0.2) is 4.39 Å². The zero-order chi connectivity index (χ0) is 12.1. The van der Waals surface area contributed by atoms with Crippen LogP contribution in [0.1, 0.15) is 23.6 Å². The molecule has 0 saturated carbocycles.